The normalized spacial score (nSPS) is 11.9. The number of hydrogen-bond donors (Lipinski definition) is 0. The Kier molecular flexibility index (Phi) is 5.95. The zero-order valence-electron chi connectivity index (χ0n) is 18.7. The highest BCUT2D eigenvalue weighted by Crippen LogP contribution is 2.31. The van der Waals surface area contributed by atoms with Crippen molar-refractivity contribution in [3.8, 4) is 17.3 Å². The molecule has 2 heterocycles. The Morgan fingerprint density at radius 1 is 0.969 bits per heavy atom. The summed E-state index contributed by atoms with van der Waals surface area (Å²) in [6.45, 7) is 14.0. The van der Waals surface area contributed by atoms with Gasteiger partial charge in [0.2, 0.25) is 5.95 Å². The van der Waals surface area contributed by atoms with Crippen LogP contribution >= 0.6 is 0 Å². The molecule has 0 saturated heterocycles. The van der Waals surface area contributed by atoms with Gasteiger partial charge in [0.05, 0.1) is 11.2 Å². The topological polar surface area (TPSA) is 43.6 Å². The molecule has 0 unspecified atom stereocenters. The standard InChI is InChI=1S/C28H26N4/c1-6-12-21(8-3)26-29-27(22-14-10-9-11-15-22)31-28(30-26)32-24(13-7-2)20(5)23-17-16-19(4)18-25(23)32/h6-18H,1,3H2,2,4-5H3/b13-7-,21-12+. The fourth-order valence-electron chi connectivity index (χ4n) is 3.82. The molecule has 4 rings (SSSR count). The van der Waals surface area contributed by atoms with Crippen LogP contribution in [0, 0.1) is 13.8 Å². The molecule has 32 heavy (non-hydrogen) atoms. The smallest absolute Gasteiger partial charge is 0.238 e. The largest absolute Gasteiger partial charge is 0.278 e. The third kappa shape index (κ3) is 3.83. The van der Waals surface area contributed by atoms with Crippen molar-refractivity contribution in [2.45, 2.75) is 20.8 Å². The lowest BCUT2D eigenvalue weighted by molar-refractivity contribution is 0.906. The molecule has 2 aromatic heterocycles. The average molecular weight is 419 g/mol. The van der Waals surface area contributed by atoms with E-state index in [0.29, 0.717) is 17.6 Å². The lowest BCUT2D eigenvalue weighted by atomic mass is 10.1. The fraction of sp³-hybridized carbons (Fsp3) is 0.107. The first kappa shape index (κ1) is 21.2. The lowest BCUT2D eigenvalue weighted by Crippen LogP contribution is -2.09. The molecule has 0 spiro atoms. The van der Waals surface area contributed by atoms with Gasteiger partial charge in [-0.3, -0.25) is 4.57 Å². The summed E-state index contributed by atoms with van der Waals surface area (Å²) in [6, 6.07) is 16.4. The maximum atomic E-state index is 4.91. The van der Waals surface area contributed by atoms with Crippen LogP contribution in [0.5, 0.6) is 0 Å². The van der Waals surface area contributed by atoms with Crippen LogP contribution in [0.4, 0.5) is 0 Å². The third-order valence-corrected chi connectivity index (χ3v) is 5.38. The van der Waals surface area contributed by atoms with Crippen LogP contribution in [0.15, 0.2) is 86.0 Å². The summed E-state index contributed by atoms with van der Waals surface area (Å²) >= 11 is 0. The van der Waals surface area contributed by atoms with E-state index in [1.165, 1.54) is 16.5 Å². The van der Waals surface area contributed by atoms with E-state index in [2.05, 4.69) is 55.8 Å². The Labute approximate surface area is 189 Å². The Morgan fingerprint density at radius 3 is 2.44 bits per heavy atom. The number of aryl methyl sites for hydroxylation is 2. The van der Waals surface area contributed by atoms with Crippen molar-refractivity contribution in [1.29, 1.82) is 0 Å². The van der Waals surface area contributed by atoms with Crippen LogP contribution in [0.1, 0.15) is 29.6 Å². The van der Waals surface area contributed by atoms with Gasteiger partial charge < -0.3 is 0 Å². The highest BCUT2D eigenvalue weighted by Gasteiger charge is 2.18. The summed E-state index contributed by atoms with van der Waals surface area (Å²) in [5.41, 5.74) is 6.21. The van der Waals surface area contributed by atoms with Gasteiger partial charge in [-0.1, -0.05) is 79.9 Å². The molecule has 0 radical (unpaired) electrons. The first-order chi connectivity index (χ1) is 15.6. The van der Waals surface area contributed by atoms with E-state index in [4.69, 9.17) is 15.0 Å². The first-order valence-electron chi connectivity index (χ1n) is 10.6. The Bertz CT molecular complexity index is 1370. The monoisotopic (exact) mass is 418 g/mol. The number of benzene rings is 2. The van der Waals surface area contributed by atoms with Crippen molar-refractivity contribution in [1.82, 2.24) is 19.5 Å². The molecule has 4 heteroatoms. The molecule has 4 aromatic rings. The number of fused-ring (bicyclic) bond motifs is 1. The molecule has 0 amide bonds. The Morgan fingerprint density at radius 2 is 1.75 bits per heavy atom. The predicted octanol–water partition coefficient (Wildman–Crippen LogP) is 6.89. The summed E-state index contributed by atoms with van der Waals surface area (Å²) in [7, 11) is 0. The second-order valence-corrected chi connectivity index (χ2v) is 7.58. The van der Waals surface area contributed by atoms with Gasteiger partial charge in [-0.05, 0) is 44.0 Å². The number of nitrogens with zero attached hydrogens (tertiary/aromatic N) is 4. The van der Waals surface area contributed by atoms with Gasteiger partial charge in [-0.2, -0.15) is 9.97 Å². The lowest BCUT2D eigenvalue weighted by Gasteiger charge is -2.12. The van der Waals surface area contributed by atoms with Crippen LogP contribution in [0.2, 0.25) is 0 Å². The number of hydrogen-bond acceptors (Lipinski definition) is 3. The molecule has 0 aliphatic heterocycles. The van der Waals surface area contributed by atoms with Crippen LogP contribution in [0.3, 0.4) is 0 Å². The van der Waals surface area contributed by atoms with Crippen LogP contribution in [-0.4, -0.2) is 19.5 Å². The molecule has 0 saturated carbocycles. The van der Waals surface area contributed by atoms with Crippen molar-refractivity contribution in [2.75, 3.05) is 0 Å². The molecular weight excluding hydrogens is 392 g/mol. The van der Waals surface area contributed by atoms with Crippen molar-refractivity contribution in [2.24, 2.45) is 0 Å². The highest BCUT2D eigenvalue weighted by atomic mass is 15.2. The van der Waals surface area contributed by atoms with Crippen molar-refractivity contribution in [3.05, 3.63) is 109 Å². The van der Waals surface area contributed by atoms with E-state index < -0.39 is 0 Å². The van der Waals surface area contributed by atoms with Gasteiger partial charge in [0.25, 0.3) is 0 Å². The quantitative estimate of drug-likeness (QED) is 0.320. The number of rotatable bonds is 6. The SMILES string of the molecule is C=C/C=C(\C=C)c1nc(-c2ccccc2)nc(-n2c(/C=C\C)c(C)c3ccc(C)cc32)n1. The van der Waals surface area contributed by atoms with Gasteiger partial charge in [0.1, 0.15) is 0 Å². The molecule has 0 N–H and O–H groups in total. The first-order valence-corrected chi connectivity index (χ1v) is 10.6. The summed E-state index contributed by atoms with van der Waals surface area (Å²) in [6.07, 6.45) is 9.46. The molecule has 0 fully saturated rings. The van der Waals surface area contributed by atoms with E-state index >= 15 is 0 Å². The molecule has 4 nitrogen and oxygen atoms in total. The van der Waals surface area contributed by atoms with E-state index in [0.717, 1.165) is 22.3 Å². The van der Waals surface area contributed by atoms with Crippen molar-refractivity contribution >= 4 is 22.6 Å². The Hall–Kier alpha value is -4.05. The van der Waals surface area contributed by atoms with Gasteiger partial charge in [0, 0.05) is 16.5 Å². The molecule has 0 aliphatic carbocycles. The predicted molar refractivity (Wildman–Crippen MR) is 135 cm³/mol. The van der Waals surface area contributed by atoms with Gasteiger partial charge >= 0.3 is 0 Å². The maximum Gasteiger partial charge on any atom is 0.238 e. The number of aromatic nitrogens is 4. The summed E-state index contributed by atoms with van der Waals surface area (Å²) in [5, 5.41) is 1.18. The third-order valence-electron chi connectivity index (χ3n) is 5.38. The van der Waals surface area contributed by atoms with Crippen molar-refractivity contribution < 1.29 is 0 Å². The molecule has 2 aromatic carbocycles. The van der Waals surface area contributed by atoms with E-state index in [1.54, 1.807) is 12.2 Å². The number of allylic oxidation sites excluding steroid dienone is 5. The van der Waals surface area contributed by atoms with Crippen LogP contribution in [0.25, 0.3) is 39.9 Å². The molecule has 0 atom stereocenters. The minimum absolute atomic E-state index is 0.558. The zero-order valence-corrected chi connectivity index (χ0v) is 18.7. The van der Waals surface area contributed by atoms with Gasteiger partial charge in [0.15, 0.2) is 11.6 Å². The average Bonchev–Trinajstić information content (AvgIpc) is 3.08. The van der Waals surface area contributed by atoms with Crippen LogP contribution in [-0.2, 0) is 0 Å². The summed E-state index contributed by atoms with van der Waals surface area (Å²) in [4.78, 5) is 14.5. The summed E-state index contributed by atoms with van der Waals surface area (Å²) in [5.74, 6) is 1.74. The van der Waals surface area contributed by atoms with E-state index in [-0.39, 0.29) is 0 Å². The van der Waals surface area contributed by atoms with Crippen molar-refractivity contribution in [3.63, 3.8) is 0 Å². The van der Waals surface area contributed by atoms with Crippen LogP contribution < -0.4 is 0 Å². The minimum Gasteiger partial charge on any atom is -0.278 e. The highest BCUT2D eigenvalue weighted by molar-refractivity contribution is 5.90. The van der Waals surface area contributed by atoms with E-state index in [9.17, 15) is 0 Å². The molecule has 158 valence electrons. The maximum absolute atomic E-state index is 4.91. The molecule has 0 aliphatic rings. The second-order valence-electron chi connectivity index (χ2n) is 7.58. The summed E-state index contributed by atoms with van der Waals surface area (Å²) < 4.78 is 2.11. The molecular formula is C28H26N4. The minimum atomic E-state index is 0.558. The van der Waals surface area contributed by atoms with Gasteiger partial charge in [-0.25, -0.2) is 4.98 Å². The second kappa shape index (κ2) is 8.98. The zero-order chi connectivity index (χ0) is 22.7. The van der Waals surface area contributed by atoms with Gasteiger partial charge in [-0.15, -0.1) is 0 Å². The Balaban J connectivity index is 2.10. The fourth-order valence-corrected chi connectivity index (χ4v) is 3.82. The molecule has 0 bridgehead atoms. The van der Waals surface area contributed by atoms with E-state index in [1.807, 2.05) is 49.4 Å².